The summed E-state index contributed by atoms with van der Waals surface area (Å²) in [4.78, 5) is 18.1. The van der Waals surface area contributed by atoms with Gasteiger partial charge in [-0.3, -0.25) is 4.79 Å². The summed E-state index contributed by atoms with van der Waals surface area (Å²) in [6.45, 7) is 3.97. The van der Waals surface area contributed by atoms with Crippen LogP contribution in [0.5, 0.6) is 5.75 Å². The smallest absolute Gasteiger partial charge is 0.260 e. The Morgan fingerprint density at radius 1 is 1.19 bits per heavy atom. The van der Waals surface area contributed by atoms with E-state index in [0.717, 1.165) is 22.6 Å². The summed E-state index contributed by atoms with van der Waals surface area (Å²) in [7, 11) is 1.79. The molecule has 0 saturated carbocycles. The standard InChI is InChI=1S/C20H22N4O2/c1-15-6-4-5-7-19(15)26-12-20(25)23(3)16(2)17-8-10-18(11-9-17)24-14-21-13-22-24/h4-11,13-14,16H,12H2,1-3H3/t16-/m1/s1. The van der Waals surface area contributed by atoms with Crippen LogP contribution >= 0.6 is 0 Å². The Bertz CT molecular complexity index is 860. The molecular weight excluding hydrogens is 328 g/mol. The van der Waals surface area contributed by atoms with E-state index < -0.39 is 0 Å². The maximum Gasteiger partial charge on any atom is 0.260 e. The average molecular weight is 350 g/mol. The first-order valence-corrected chi connectivity index (χ1v) is 8.45. The van der Waals surface area contributed by atoms with Crippen LogP contribution in [0.2, 0.25) is 0 Å². The van der Waals surface area contributed by atoms with E-state index in [0.29, 0.717) is 0 Å². The van der Waals surface area contributed by atoms with Crippen molar-refractivity contribution >= 4 is 5.91 Å². The van der Waals surface area contributed by atoms with Gasteiger partial charge in [0, 0.05) is 7.05 Å². The molecule has 0 fully saturated rings. The molecule has 0 bridgehead atoms. The van der Waals surface area contributed by atoms with E-state index in [4.69, 9.17) is 4.74 Å². The molecule has 0 aliphatic rings. The highest BCUT2D eigenvalue weighted by atomic mass is 16.5. The normalized spacial score (nSPS) is 11.8. The van der Waals surface area contributed by atoms with E-state index in [1.54, 1.807) is 23.0 Å². The summed E-state index contributed by atoms with van der Waals surface area (Å²) in [6.07, 6.45) is 3.15. The molecule has 134 valence electrons. The minimum absolute atomic E-state index is 0.0166. The largest absolute Gasteiger partial charge is 0.484 e. The van der Waals surface area contributed by atoms with E-state index in [-0.39, 0.29) is 18.6 Å². The lowest BCUT2D eigenvalue weighted by atomic mass is 10.1. The quantitative estimate of drug-likeness (QED) is 0.685. The summed E-state index contributed by atoms with van der Waals surface area (Å²) >= 11 is 0. The minimum Gasteiger partial charge on any atom is -0.484 e. The van der Waals surface area contributed by atoms with Crippen LogP contribution in [0.25, 0.3) is 5.69 Å². The fourth-order valence-electron chi connectivity index (χ4n) is 2.65. The first-order chi connectivity index (χ1) is 12.6. The molecule has 6 nitrogen and oxygen atoms in total. The second-order valence-corrected chi connectivity index (χ2v) is 6.17. The average Bonchev–Trinajstić information content (AvgIpc) is 3.21. The van der Waals surface area contributed by atoms with Gasteiger partial charge in [-0.2, -0.15) is 5.10 Å². The van der Waals surface area contributed by atoms with Gasteiger partial charge in [0.15, 0.2) is 6.61 Å². The maximum absolute atomic E-state index is 12.5. The molecule has 2 aromatic carbocycles. The van der Waals surface area contributed by atoms with Crippen LogP contribution in [0.1, 0.15) is 24.1 Å². The molecule has 0 aliphatic heterocycles. The molecule has 1 atom stereocenters. The second-order valence-electron chi connectivity index (χ2n) is 6.17. The van der Waals surface area contributed by atoms with Crippen molar-refractivity contribution in [1.82, 2.24) is 19.7 Å². The van der Waals surface area contributed by atoms with Crippen LogP contribution in [0, 0.1) is 6.92 Å². The van der Waals surface area contributed by atoms with Crippen LogP contribution in [-0.4, -0.2) is 39.2 Å². The van der Waals surface area contributed by atoms with E-state index in [1.165, 1.54) is 6.33 Å². The highest BCUT2D eigenvalue weighted by Crippen LogP contribution is 2.21. The van der Waals surface area contributed by atoms with Crippen molar-refractivity contribution < 1.29 is 9.53 Å². The topological polar surface area (TPSA) is 60.2 Å². The molecule has 0 spiro atoms. The Morgan fingerprint density at radius 2 is 1.92 bits per heavy atom. The van der Waals surface area contributed by atoms with Crippen molar-refractivity contribution in [1.29, 1.82) is 0 Å². The van der Waals surface area contributed by atoms with Gasteiger partial charge in [0.05, 0.1) is 11.7 Å². The molecule has 0 aliphatic carbocycles. The monoisotopic (exact) mass is 350 g/mol. The number of amides is 1. The van der Waals surface area contributed by atoms with Crippen molar-refractivity contribution in [2.75, 3.05) is 13.7 Å². The number of aromatic nitrogens is 3. The third kappa shape index (κ3) is 3.91. The number of likely N-dealkylation sites (N-methyl/N-ethyl adjacent to an activating group) is 1. The lowest BCUT2D eigenvalue weighted by molar-refractivity contribution is -0.134. The summed E-state index contributed by atoms with van der Waals surface area (Å²) < 4.78 is 7.36. The van der Waals surface area contributed by atoms with E-state index in [9.17, 15) is 4.79 Å². The molecule has 1 heterocycles. The summed E-state index contributed by atoms with van der Waals surface area (Å²) in [5, 5.41) is 4.11. The minimum atomic E-state index is -0.0684. The van der Waals surface area contributed by atoms with Crippen molar-refractivity contribution in [2.24, 2.45) is 0 Å². The number of hydrogen-bond donors (Lipinski definition) is 0. The Balaban J connectivity index is 1.62. The van der Waals surface area contributed by atoms with Crippen LogP contribution in [0.4, 0.5) is 0 Å². The summed E-state index contributed by atoms with van der Waals surface area (Å²) in [6, 6.07) is 15.5. The number of rotatable bonds is 6. The number of aryl methyl sites for hydroxylation is 1. The SMILES string of the molecule is Cc1ccccc1OCC(=O)N(C)[C@H](C)c1ccc(-n2cncn2)cc1. The first kappa shape index (κ1) is 17.7. The van der Waals surface area contributed by atoms with E-state index in [1.807, 2.05) is 62.4 Å². The van der Waals surface area contributed by atoms with Gasteiger partial charge in [-0.15, -0.1) is 0 Å². The predicted molar refractivity (Wildman–Crippen MR) is 99.2 cm³/mol. The Hall–Kier alpha value is -3.15. The third-order valence-corrected chi connectivity index (χ3v) is 4.48. The molecule has 0 unspecified atom stereocenters. The van der Waals surface area contributed by atoms with Gasteiger partial charge >= 0.3 is 0 Å². The fraction of sp³-hybridized carbons (Fsp3) is 0.250. The summed E-state index contributed by atoms with van der Waals surface area (Å²) in [5.74, 6) is 0.667. The Labute approximate surface area is 153 Å². The number of nitrogens with zero attached hydrogens (tertiary/aromatic N) is 4. The lowest BCUT2D eigenvalue weighted by Gasteiger charge is -2.25. The molecule has 6 heteroatoms. The predicted octanol–water partition coefficient (Wildman–Crippen LogP) is 3.17. The molecule has 0 saturated heterocycles. The zero-order chi connectivity index (χ0) is 18.5. The zero-order valence-corrected chi connectivity index (χ0v) is 15.2. The molecule has 0 N–H and O–H groups in total. The second kappa shape index (κ2) is 7.82. The van der Waals surface area contributed by atoms with Crippen molar-refractivity contribution in [3.8, 4) is 11.4 Å². The van der Waals surface area contributed by atoms with Crippen molar-refractivity contribution in [3.05, 3.63) is 72.3 Å². The van der Waals surface area contributed by atoms with Gasteiger partial charge in [-0.1, -0.05) is 30.3 Å². The molecule has 1 aromatic heterocycles. The molecule has 0 radical (unpaired) electrons. The molecule has 26 heavy (non-hydrogen) atoms. The number of benzene rings is 2. The van der Waals surface area contributed by atoms with E-state index in [2.05, 4.69) is 10.1 Å². The van der Waals surface area contributed by atoms with Gasteiger partial charge < -0.3 is 9.64 Å². The van der Waals surface area contributed by atoms with Gasteiger partial charge in [0.1, 0.15) is 18.4 Å². The van der Waals surface area contributed by atoms with Gasteiger partial charge in [0.2, 0.25) is 0 Å². The maximum atomic E-state index is 12.5. The van der Waals surface area contributed by atoms with Gasteiger partial charge in [-0.25, -0.2) is 9.67 Å². The van der Waals surface area contributed by atoms with Gasteiger partial charge in [-0.05, 0) is 43.2 Å². The number of hydrogen-bond acceptors (Lipinski definition) is 4. The first-order valence-electron chi connectivity index (χ1n) is 8.45. The Morgan fingerprint density at radius 3 is 2.58 bits per heavy atom. The zero-order valence-electron chi connectivity index (χ0n) is 15.2. The molecular formula is C20H22N4O2. The molecule has 3 rings (SSSR count). The lowest BCUT2D eigenvalue weighted by Crippen LogP contribution is -2.33. The van der Waals surface area contributed by atoms with Crippen LogP contribution in [0.15, 0.2) is 61.2 Å². The van der Waals surface area contributed by atoms with Crippen molar-refractivity contribution in [3.63, 3.8) is 0 Å². The van der Waals surface area contributed by atoms with Crippen LogP contribution in [-0.2, 0) is 4.79 Å². The number of carbonyl (C=O) groups is 1. The molecule has 1 amide bonds. The highest BCUT2D eigenvalue weighted by molar-refractivity contribution is 5.78. The van der Waals surface area contributed by atoms with Crippen LogP contribution in [0.3, 0.4) is 0 Å². The summed E-state index contributed by atoms with van der Waals surface area (Å²) in [5.41, 5.74) is 2.98. The number of para-hydroxylation sites is 1. The van der Waals surface area contributed by atoms with Crippen LogP contribution < -0.4 is 4.74 Å². The fourth-order valence-corrected chi connectivity index (χ4v) is 2.65. The van der Waals surface area contributed by atoms with E-state index >= 15 is 0 Å². The third-order valence-electron chi connectivity index (χ3n) is 4.48. The van der Waals surface area contributed by atoms with Crippen molar-refractivity contribution in [2.45, 2.75) is 19.9 Å². The molecule has 3 aromatic rings. The number of ether oxygens (including phenoxy) is 1. The van der Waals surface area contributed by atoms with Gasteiger partial charge in [0.25, 0.3) is 5.91 Å². The number of carbonyl (C=O) groups excluding carboxylic acids is 1. The Kier molecular flexibility index (Phi) is 5.31. The highest BCUT2D eigenvalue weighted by Gasteiger charge is 2.18.